The lowest BCUT2D eigenvalue weighted by Gasteiger charge is -2.10. The molecular weight excluding hydrogens is 340 g/mol. The number of nitrogens with one attached hydrogen (secondary N) is 2. The van der Waals surface area contributed by atoms with Gasteiger partial charge in [0.05, 0.1) is 6.20 Å². The fourth-order valence-corrected chi connectivity index (χ4v) is 2.47. The van der Waals surface area contributed by atoms with Gasteiger partial charge in [0.15, 0.2) is 5.82 Å². The molecule has 0 fully saturated rings. The zero-order chi connectivity index (χ0) is 14.5. The van der Waals surface area contributed by atoms with Crippen LogP contribution in [0.25, 0.3) is 0 Å². The topological polar surface area (TPSA) is 49.8 Å². The minimum atomic E-state index is 0.490. The standard InChI is InChI=1S/C14H16BrClN4/c1-3-4-17-14-18-8-12(16)13(20-14)19-11-6-9(2)5-10(15)7-11/h5-8H,3-4H2,1-2H3,(H2,17,18,19,20). The van der Waals surface area contributed by atoms with Crippen LogP contribution in [0.5, 0.6) is 0 Å². The minimum Gasteiger partial charge on any atom is -0.354 e. The van der Waals surface area contributed by atoms with Crippen LogP contribution in [-0.4, -0.2) is 16.5 Å². The summed E-state index contributed by atoms with van der Waals surface area (Å²) in [5, 5.41) is 6.85. The Labute approximate surface area is 132 Å². The maximum absolute atomic E-state index is 6.13. The van der Waals surface area contributed by atoms with E-state index in [-0.39, 0.29) is 0 Å². The zero-order valence-corrected chi connectivity index (χ0v) is 13.7. The van der Waals surface area contributed by atoms with Crippen molar-refractivity contribution in [3.63, 3.8) is 0 Å². The van der Waals surface area contributed by atoms with Gasteiger partial charge < -0.3 is 10.6 Å². The van der Waals surface area contributed by atoms with Crippen molar-refractivity contribution in [3.05, 3.63) is 39.5 Å². The second kappa shape index (κ2) is 6.90. The first-order valence-corrected chi connectivity index (χ1v) is 7.56. The van der Waals surface area contributed by atoms with Gasteiger partial charge >= 0.3 is 0 Å². The summed E-state index contributed by atoms with van der Waals surface area (Å²) >= 11 is 9.61. The Morgan fingerprint density at radius 2 is 2.10 bits per heavy atom. The smallest absolute Gasteiger partial charge is 0.224 e. The Morgan fingerprint density at radius 1 is 1.30 bits per heavy atom. The third kappa shape index (κ3) is 4.08. The molecular formula is C14H16BrClN4. The molecule has 0 atom stereocenters. The first-order chi connectivity index (χ1) is 9.58. The van der Waals surface area contributed by atoms with Crippen molar-refractivity contribution >= 4 is 45.0 Å². The number of nitrogens with zero attached hydrogens (tertiary/aromatic N) is 2. The van der Waals surface area contributed by atoms with Gasteiger partial charge in [0.25, 0.3) is 0 Å². The highest BCUT2D eigenvalue weighted by Gasteiger charge is 2.06. The third-order valence-electron chi connectivity index (χ3n) is 2.58. The van der Waals surface area contributed by atoms with E-state index in [0.29, 0.717) is 16.8 Å². The number of halogens is 2. The Balaban J connectivity index is 2.23. The van der Waals surface area contributed by atoms with Gasteiger partial charge in [0.1, 0.15) is 5.02 Å². The second-order valence-electron chi connectivity index (χ2n) is 4.46. The molecule has 6 heteroatoms. The van der Waals surface area contributed by atoms with E-state index in [1.165, 1.54) is 0 Å². The van der Waals surface area contributed by atoms with Crippen LogP contribution in [-0.2, 0) is 0 Å². The third-order valence-corrected chi connectivity index (χ3v) is 3.32. The van der Waals surface area contributed by atoms with Gasteiger partial charge in [-0.25, -0.2) is 4.98 Å². The van der Waals surface area contributed by atoms with Crippen molar-refractivity contribution in [2.45, 2.75) is 20.3 Å². The van der Waals surface area contributed by atoms with E-state index in [0.717, 1.165) is 28.7 Å². The molecule has 0 unspecified atom stereocenters. The summed E-state index contributed by atoms with van der Waals surface area (Å²) in [4.78, 5) is 8.53. The first-order valence-electron chi connectivity index (χ1n) is 6.39. The Morgan fingerprint density at radius 3 is 2.80 bits per heavy atom. The summed E-state index contributed by atoms with van der Waals surface area (Å²) < 4.78 is 1.01. The van der Waals surface area contributed by atoms with Gasteiger partial charge in [-0.3, -0.25) is 0 Å². The summed E-state index contributed by atoms with van der Waals surface area (Å²) in [6.45, 7) is 4.95. The van der Waals surface area contributed by atoms with E-state index in [9.17, 15) is 0 Å². The lowest BCUT2D eigenvalue weighted by atomic mass is 10.2. The Bertz CT molecular complexity index is 583. The van der Waals surface area contributed by atoms with Crippen LogP contribution in [0.2, 0.25) is 5.02 Å². The number of aryl methyl sites for hydroxylation is 1. The first kappa shape index (κ1) is 15.1. The molecule has 1 aromatic carbocycles. The molecule has 0 aliphatic rings. The lowest BCUT2D eigenvalue weighted by molar-refractivity contribution is 0.953. The molecule has 0 aliphatic carbocycles. The summed E-state index contributed by atoms with van der Waals surface area (Å²) in [7, 11) is 0. The fourth-order valence-electron chi connectivity index (χ4n) is 1.72. The summed E-state index contributed by atoms with van der Waals surface area (Å²) in [5.41, 5.74) is 2.08. The van der Waals surface area contributed by atoms with Gasteiger partial charge in [0.2, 0.25) is 5.95 Å². The molecule has 0 spiro atoms. The monoisotopic (exact) mass is 354 g/mol. The van der Waals surface area contributed by atoms with Crippen molar-refractivity contribution in [2.24, 2.45) is 0 Å². The Kier molecular flexibility index (Phi) is 5.20. The average molecular weight is 356 g/mol. The minimum absolute atomic E-state index is 0.490. The molecule has 2 rings (SSSR count). The number of benzene rings is 1. The van der Waals surface area contributed by atoms with Crippen LogP contribution in [0.4, 0.5) is 17.5 Å². The predicted molar refractivity (Wildman–Crippen MR) is 88.0 cm³/mol. The van der Waals surface area contributed by atoms with Crippen LogP contribution < -0.4 is 10.6 Å². The summed E-state index contributed by atoms with van der Waals surface area (Å²) in [5.74, 6) is 1.17. The van der Waals surface area contributed by atoms with Crippen molar-refractivity contribution in [3.8, 4) is 0 Å². The highest BCUT2D eigenvalue weighted by atomic mass is 79.9. The molecule has 0 saturated carbocycles. The molecule has 0 amide bonds. The average Bonchev–Trinajstić information content (AvgIpc) is 2.38. The second-order valence-corrected chi connectivity index (χ2v) is 5.78. The molecule has 20 heavy (non-hydrogen) atoms. The van der Waals surface area contributed by atoms with Gasteiger partial charge in [-0.05, 0) is 37.1 Å². The molecule has 4 nitrogen and oxygen atoms in total. The number of hydrogen-bond donors (Lipinski definition) is 2. The van der Waals surface area contributed by atoms with Crippen molar-refractivity contribution in [2.75, 3.05) is 17.2 Å². The van der Waals surface area contributed by atoms with E-state index >= 15 is 0 Å². The highest BCUT2D eigenvalue weighted by Crippen LogP contribution is 2.26. The molecule has 0 saturated heterocycles. The molecule has 2 N–H and O–H groups in total. The summed E-state index contributed by atoms with van der Waals surface area (Å²) in [6.07, 6.45) is 2.61. The largest absolute Gasteiger partial charge is 0.354 e. The predicted octanol–water partition coefficient (Wildman–Crippen LogP) is 4.77. The van der Waals surface area contributed by atoms with Gasteiger partial charge in [-0.2, -0.15) is 4.98 Å². The molecule has 1 aromatic heterocycles. The number of anilines is 3. The molecule has 106 valence electrons. The van der Waals surface area contributed by atoms with Crippen molar-refractivity contribution in [1.29, 1.82) is 0 Å². The van der Waals surface area contributed by atoms with Gasteiger partial charge in [0, 0.05) is 16.7 Å². The molecule has 0 radical (unpaired) electrons. The molecule has 1 heterocycles. The van der Waals surface area contributed by atoms with Crippen molar-refractivity contribution in [1.82, 2.24) is 9.97 Å². The van der Waals surface area contributed by atoms with Crippen LogP contribution in [0.3, 0.4) is 0 Å². The van der Waals surface area contributed by atoms with Crippen LogP contribution in [0.15, 0.2) is 28.9 Å². The zero-order valence-electron chi connectivity index (χ0n) is 11.4. The van der Waals surface area contributed by atoms with Gasteiger partial charge in [-0.1, -0.05) is 34.5 Å². The normalized spacial score (nSPS) is 10.4. The van der Waals surface area contributed by atoms with Crippen LogP contribution in [0, 0.1) is 6.92 Å². The molecule has 0 bridgehead atoms. The fraction of sp³-hybridized carbons (Fsp3) is 0.286. The van der Waals surface area contributed by atoms with E-state index in [2.05, 4.69) is 43.5 Å². The number of hydrogen-bond acceptors (Lipinski definition) is 4. The number of rotatable bonds is 5. The lowest BCUT2D eigenvalue weighted by Crippen LogP contribution is -2.06. The van der Waals surface area contributed by atoms with E-state index in [1.54, 1.807) is 6.20 Å². The highest BCUT2D eigenvalue weighted by molar-refractivity contribution is 9.10. The number of aromatic nitrogens is 2. The maximum atomic E-state index is 6.13. The van der Waals surface area contributed by atoms with Crippen LogP contribution >= 0.6 is 27.5 Å². The van der Waals surface area contributed by atoms with Crippen molar-refractivity contribution < 1.29 is 0 Å². The van der Waals surface area contributed by atoms with Crippen LogP contribution in [0.1, 0.15) is 18.9 Å². The van der Waals surface area contributed by atoms with Gasteiger partial charge in [-0.15, -0.1) is 0 Å². The molecule has 0 aliphatic heterocycles. The maximum Gasteiger partial charge on any atom is 0.224 e. The quantitative estimate of drug-likeness (QED) is 0.811. The SMILES string of the molecule is CCCNc1ncc(Cl)c(Nc2cc(C)cc(Br)c2)n1. The molecule has 2 aromatic rings. The summed E-state index contributed by atoms with van der Waals surface area (Å²) in [6, 6.07) is 6.05. The van der Waals surface area contributed by atoms with E-state index in [1.807, 2.05) is 25.1 Å². The Hall–Kier alpha value is -1.33. The van der Waals surface area contributed by atoms with E-state index in [4.69, 9.17) is 11.6 Å². The van der Waals surface area contributed by atoms with E-state index < -0.39 is 0 Å².